The van der Waals surface area contributed by atoms with E-state index in [9.17, 15) is 9.90 Å². The van der Waals surface area contributed by atoms with Crippen LogP contribution in [0.4, 0.5) is 0 Å². The van der Waals surface area contributed by atoms with Crippen LogP contribution in [0.5, 0.6) is 0 Å². The molecule has 122 valence electrons. The first-order chi connectivity index (χ1) is 11.7. The number of hydrogen-bond donors (Lipinski definition) is 1. The highest BCUT2D eigenvalue weighted by atomic mass is 16.2. The Bertz CT molecular complexity index is 923. The van der Waals surface area contributed by atoms with Gasteiger partial charge in [0, 0.05) is 41.7 Å². The first-order valence-corrected chi connectivity index (χ1v) is 8.53. The van der Waals surface area contributed by atoms with Gasteiger partial charge < -0.3 is 9.67 Å². The number of aliphatic hydroxyl groups excluding tert-OH is 1. The Morgan fingerprint density at radius 3 is 2.71 bits per heavy atom. The smallest absolute Gasteiger partial charge is 0.195 e. The number of nitrogens with zero attached hydrogens (tertiary/aromatic N) is 1. The normalized spacial score (nSPS) is 16.8. The third-order valence-corrected chi connectivity index (χ3v) is 5.21. The monoisotopic (exact) mass is 319 g/mol. The van der Waals surface area contributed by atoms with Crippen LogP contribution < -0.4 is 0 Å². The largest absolute Gasteiger partial charge is 0.396 e. The van der Waals surface area contributed by atoms with E-state index >= 15 is 0 Å². The van der Waals surface area contributed by atoms with Gasteiger partial charge in [-0.05, 0) is 30.9 Å². The third-order valence-electron chi connectivity index (χ3n) is 5.21. The molecular weight excluding hydrogens is 298 g/mol. The van der Waals surface area contributed by atoms with Crippen molar-refractivity contribution >= 4 is 16.7 Å². The maximum Gasteiger partial charge on any atom is 0.195 e. The minimum atomic E-state index is 0.129. The number of aliphatic hydroxyl groups is 1. The lowest BCUT2D eigenvalue weighted by atomic mass is 9.91. The van der Waals surface area contributed by atoms with E-state index in [1.54, 1.807) is 0 Å². The molecule has 1 atom stereocenters. The Morgan fingerprint density at radius 1 is 1.12 bits per heavy atom. The van der Waals surface area contributed by atoms with Crippen molar-refractivity contribution in [1.82, 2.24) is 4.57 Å². The molecule has 0 saturated carbocycles. The van der Waals surface area contributed by atoms with Crippen molar-refractivity contribution in [2.45, 2.75) is 25.2 Å². The number of hydrogen-bond acceptors (Lipinski definition) is 2. The van der Waals surface area contributed by atoms with Crippen LogP contribution in [0.15, 0.2) is 48.5 Å². The van der Waals surface area contributed by atoms with Crippen molar-refractivity contribution in [3.05, 3.63) is 70.9 Å². The van der Waals surface area contributed by atoms with Crippen molar-refractivity contribution in [3.63, 3.8) is 0 Å². The lowest BCUT2D eigenvalue weighted by molar-refractivity contribution is 0.103. The summed E-state index contributed by atoms with van der Waals surface area (Å²) < 4.78 is 2.18. The SMILES string of the molecule is Cn1c2c(c3ccccc31)C(=O)c1ccccc1CC2CCCO. The summed E-state index contributed by atoms with van der Waals surface area (Å²) >= 11 is 0. The molecule has 1 unspecified atom stereocenters. The number of fused-ring (bicyclic) bond motifs is 4. The summed E-state index contributed by atoms with van der Waals surface area (Å²) in [7, 11) is 2.05. The maximum atomic E-state index is 13.3. The lowest BCUT2D eigenvalue weighted by Crippen LogP contribution is -2.10. The van der Waals surface area contributed by atoms with Crippen LogP contribution in [0.3, 0.4) is 0 Å². The summed E-state index contributed by atoms with van der Waals surface area (Å²) in [5, 5.41) is 10.3. The Kier molecular flexibility index (Phi) is 3.73. The van der Waals surface area contributed by atoms with Crippen LogP contribution in [0.2, 0.25) is 0 Å². The molecule has 3 heteroatoms. The van der Waals surface area contributed by atoms with Crippen LogP contribution >= 0.6 is 0 Å². The van der Waals surface area contributed by atoms with Gasteiger partial charge >= 0.3 is 0 Å². The minimum absolute atomic E-state index is 0.129. The van der Waals surface area contributed by atoms with Gasteiger partial charge in [-0.2, -0.15) is 0 Å². The number of aromatic nitrogens is 1. The van der Waals surface area contributed by atoms with E-state index < -0.39 is 0 Å². The van der Waals surface area contributed by atoms with E-state index in [4.69, 9.17) is 0 Å². The highest BCUT2D eigenvalue weighted by molar-refractivity contribution is 6.18. The molecule has 0 amide bonds. The standard InChI is InChI=1S/C21H21NO2/c1-22-18-11-5-4-10-17(18)19-20(22)15(8-6-12-23)13-14-7-2-3-9-16(14)21(19)24/h2-5,7,9-11,15,23H,6,8,12-13H2,1H3. The molecule has 0 bridgehead atoms. The molecule has 1 aliphatic rings. The second-order valence-corrected chi connectivity index (χ2v) is 6.59. The fraction of sp³-hybridized carbons (Fsp3) is 0.286. The first-order valence-electron chi connectivity index (χ1n) is 8.53. The summed E-state index contributed by atoms with van der Waals surface area (Å²) in [6.07, 6.45) is 2.48. The molecule has 1 heterocycles. The van der Waals surface area contributed by atoms with Crippen molar-refractivity contribution in [3.8, 4) is 0 Å². The Hall–Kier alpha value is -2.39. The molecule has 3 nitrogen and oxygen atoms in total. The minimum Gasteiger partial charge on any atom is -0.396 e. The summed E-state index contributed by atoms with van der Waals surface area (Å²) in [4.78, 5) is 13.3. The van der Waals surface area contributed by atoms with Gasteiger partial charge in [0.05, 0.1) is 5.56 Å². The van der Waals surface area contributed by atoms with E-state index in [0.29, 0.717) is 0 Å². The average molecular weight is 319 g/mol. The van der Waals surface area contributed by atoms with Crippen LogP contribution in [-0.4, -0.2) is 22.1 Å². The molecule has 0 radical (unpaired) electrons. The highest BCUT2D eigenvalue weighted by Crippen LogP contribution is 2.39. The lowest BCUT2D eigenvalue weighted by Gasteiger charge is -2.17. The molecule has 1 N–H and O–H groups in total. The second kappa shape index (κ2) is 5.91. The number of para-hydroxylation sites is 1. The van der Waals surface area contributed by atoms with E-state index in [1.807, 2.05) is 36.4 Å². The van der Waals surface area contributed by atoms with Crippen molar-refractivity contribution in [2.24, 2.45) is 7.05 Å². The molecule has 0 saturated heterocycles. The average Bonchev–Trinajstić information content (AvgIpc) is 2.84. The van der Waals surface area contributed by atoms with E-state index in [0.717, 1.165) is 52.5 Å². The van der Waals surface area contributed by atoms with Gasteiger partial charge in [0.2, 0.25) is 0 Å². The zero-order valence-electron chi connectivity index (χ0n) is 13.8. The summed E-state index contributed by atoms with van der Waals surface area (Å²) in [6.45, 7) is 0.186. The number of carbonyl (C=O) groups is 1. The van der Waals surface area contributed by atoms with Gasteiger partial charge in [0.25, 0.3) is 0 Å². The number of benzene rings is 2. The van der Waals surface area contributed by atoms with Gasteiger partial charge in [0.1, 0.15) is 0 Å². The van der Waals surface area contributed by atoms with Crippen LogP contribution in [0.25, 0.3) is 10.9 Å². The number of aryl methyl sites for hydroxylation is 1. The summed E-state index contributed by atoms with van der Waals surface area (Å²) in [5.41, 5.74) is 5.00. The zero-order valence-corrected chi connectivity index (χ0v) is 13.8. The van der Waals surface area contributed by atoms with Gasteiger partial charge in [-0.3, -0.25) is 4.79 Å². The Labute approximate surface area is 141 Å². The number of rotatable bonds is 3. The van der Waals surface area contributed by atoms with Crippen molar-refractivity contribution in [2.75, 3.05) is 6.61 Å². The molecule has 1 aliphatic carbocycles. The summed E-state index contributed by atoms with van der Waals surface area (Å²) in [6, 6.07) is 16.1. The van der Waals surface area contributed by atoms with Gasteiger partial charge in [0.15, 0.2) is 5.78 Å². The molecule has 1 aromatic heterocycles. The Balaban J connectivity index is 2.01. The molecule has 0 aliphatic heterocycles. The second-order valence-electron chi connectivity index (χ2n) is 6.59. The molecule has 2 aromatic carbocycles. The fourth-order valence-corrected chi connectivity index (χ4v) is 4.12. The topological polar surface area (TPSA) is 42.2 Å². The van der Waals surface area contributed by atoms with Crippen LogP contribution in [-0.2, 0) is 13.5 Å². The summed E-state index contributed by atoms with van der Waals surface area (Å²) in [5.74, 6) is 0.376. The van der Waals surface area contributed by atoms with Crippen LogP contribution in [0, 0.1) is 0 Å². The van der Waals surface area contributed by atoms with E-state index in [2.05, 4.69) is 23.7 Å². The first kappa shape index (κ1) is 15.2. The molecule has 24 heavy (non-hydrogen) atoms. The van der Waals surface area contributed by atoms with Crippen LogP contribution in [0.1, 0.15) is 45.9 Å². The molecule has 3 aromatic rings. The van der Waals surface area contributed by atoms with E-state index in [-0.39, 0.29) is 18.3 Å². The highest BCUT2D eigenvalue weighted by Gasteiger charge is 2.31. The van der Waals surface area contributed by atoms with Crippen molar-refractivity contribution < 1.29 is 9.90 Å². The molecule has 4 rings (SSSR count). The quantitative estimate of drug-likeness (QED) is 0.797. The predicted octanol–water partition coefficient (Wildman–Crippen LogP) is 3.82. The fourth-order valence-electron chi connectivity index (χ4n) is 4.12. The zero-order chi connectivity index (χ0) is 16.7. The molecular formula is C21H21NO2. The van der Waals surface area contributed by atoms with E-state index in [1.165, 1.54) is 0 Å². The van der Waals surface area contributed by atoms with Gasteiger partial charge in [-0.15, -0.1) is 0 Å². The molecule has 0 fully saturated rings. The Morgan fingerprint density at radius 2 is 1.88 bits per heavy atom. The van der Waals surface area contributed by atoms with Gasteiger partial charge in [-0.25, -0.2) is 0 Å². The number of ketones is 1. The van der Waals surface area contributed by atoms with Gasteiger partial charge in [-0.1, -0.05) is 42.5 Å². The maximum absolute atomic E-state index is 13.3. The molecule has 0 spiro atoms. The predicted molar refractivity (Wildman–Crippen MR) is 95.6 cm³/mol. The van der Waals surface area contributed by atoms with Crippen molar-refractivity contribution in [1.29, 1.82) is 0 Å². The third kappa shape index (κ3) is 2.20. The number of carbonyl (C=O) groups excluding carboxylic acids is 1.